The van der Waals surface area contributed by atoms with Crippen molar-refractivity contribution < 1.29 is 0 Å². The van der Waals surface area contributed by atoms with E-state index in [-0.39, 0.29) is 11.8 Å². The van der Waals surface area contributed by atoms with Gasteiger partial charge in [0, 0.05) is 0 Å². The quantitative estimate of drug-likeness (QED) is 0.437. The van der Waals surface area contributed by atoms with Crippen LogP contribution < -0.4 is 16.8 Å². The zero-order valence-electron chi connectivity index (χ0n) is 5.52. The molecule has 55 valence electrons. The Bertz CT molecular complexity index is 320. The van der Waals surface area contributed by atoms with E-state index in [1.54, 1.807) is 0 Å². The van der Waals surface area contributed by atoms with Gasteiger partial charge in [0.25, 0.3) is 0 Å². The van der Waals surface area contributed by atoms with Gasteiger partial charge in [-0.1, -0.05) is 0 Å². The molecule has 1 radical (unpaired) electrons. The van der Waals surface area contributed by atoms with Crippen LogP contribution in [0.15, 0.2) is 26.5 Å². The van der Waals surface area contributed by atoms with Gasteiger partial charge in [0.05, 0.1) is 0 Å². The number of guanidine groups is 1. The van der Waals surface area contributed by atoms with Gasteiger partial charge in [-0.25, -0.2) is 9.98 Å². The van der Waals surface area contributed by atoms with Gasteiger partial charge in [0.1, 0.15) is 6.34 Å². The lowest BCUT2D eigenvalue weighted by molar-refractivity contribution is 1.09. The molecule has 2 rings (SSSR count). The standard InChI is InChI=1S/C5H5N6/c6-3-2-4(9-1-8-2)11-5(7)10-3/h1H,6H2,(H2,7,10). The number of hydrogen-bond donors (Lipinski definition) is 2. The summed E-state index contributed by atoms with van der Waals surface area (Å²) in [6, 6.07) is 0. The van der Waals surface area contributed by atoms with Crippen molar-refractivity contribution in [3.63, 3.8) is 0 Å². The van der Waals surface area contributed by atoms with Crippen molar-refractivity contribution in [2.45, 2.75) is 0 Å². The van der Waals surface area contributed by atoms with Crippen LogP contribution in [0.25, 0.3) is 0 Å². The van der Waals surface area contributed by atoms with Crippen molar-refractivity contribution in [2.75, 3.05) is 0 Å². The van der Waals surface area contributed by atoms with Crippen molar-refractivity contribution in [1.82, 2.24) is 5.32 Å². The van der Waals surface area contributed by atoms with Crippen LogP contribution in [0.3, 0.4) is 0 Å². The summed E-state index contributed by atoms with van der Waals surface area (Å²) >= 11 is 0. The highest BCUT2D eigenvalue weighted by molar-refractivity contribution is 6.15. The highest BCUT2D eigenvalue weighted by Crippen LogP contribution is 2.12. The van der Waals surface area contributed by atoms with E-state index in [0.29, 0.717) is 11.5 Å². The molecule has 6 nitrogen and oxygen atoms in total. The molecule has 0 bridgehead atoms. The topological polar surface area (TPSA) is 103 Å². The third-order valence-electron chi connectivity index (χ3n) is 1.28. The number of nitrogens with zero attached hydrogens (tertiary/aromatic N) is 4. The van der Waals surface area contributed by atoms with E-state index in [2.05, 4.69) is 20.3 Å². The molecule has 0 fully saturated rings. The normalized spacial score (nSPS) is 20.7. The molecular weight excluding hydrogens is 144 g/mol. The van der Waals surface area contributed by atoms with Gasteiger partial charge in [-0.15, -0.1) is 0 Å². The Balaban J connectivity index is 2.51. The predicted octanol–water partition coefficient (Wildman–Crippen LogP) is -1.51. The summed E-state index contributed by atoms with van der Waals surface area (Å²) in [6.07, 6.45) is 1.37. The Hall–Kier alpha value is -1.85. The van der Waals surface area contributed by atoms with Crippen LogP contribution in [0, 0.1) is 0 Å². The second-order valence-corrected chi connectivity index (χ2v) is 2.01. The number of aliphatic imine (C=N–C) groups is 3. The zero-order chi connectivity index (χ0) is 7.84. The smallest absolute Gasteiger partial charge is 0.224 e. The molecule has 2 aliphatic rings. The number of fused-ring (bicyclic) bond motifs is 1. The van der Waals surface area contributed by atoms with Gasteiger partial charge in [-0.3, -0.25) is 0 Å². The first-order valence-electron chi connectivity index (χ1n) is 2.94. The average Bonchev–Trinajstić information content (AvgIpc) is 2.34. The van der Waals surface area contributed by atoms with Crippen LogP contribution in [-0.4, -0.2) is 18.1 Å². The Morgan fingerprint density at radius 2 is 2.09 bits per heavy atom. The molecule has 0 unspecified atom stereocenters. The predicted molar refractivity (Wildman–Crippen MR) is 40.9 cm³/mol. The van der Waals surface area contributed by atoms with Gasteiger partial charge in [-0.05, 0) is 0 Å². The lowest BCUT2D eigenvalue weighted by atomic mass is 10.4. The first-order valence-corrected chi connectivity index (χ1v) is 2.94. The van der Waals surface area contributed by atoms with Crippen molar-refractivity contribution in [2.24, 2.45) is 26.4 Å². The molecule has 0 aliphatic carbocycles. The molecular formula is C5H5N6. The van der Waals surface area contributed by atoms with Crippen LogP contribution in [0.1, 0.15) is 0 Å². The van der Waals surface area contributed by atoms with Gasteiger partial charge in [0.2, 0.25) is 5.96 Å². The Labute approximate surface area is 62.4 Å². The maximum absolute atomic E-state index is 5.47. The van der Waals surface area contributed by atoms with Crippen molar-refractivity contribution >= 4 is 18.1 Å². The fraction of sp³-hybridized carbons (Fsp3) is 0. The third-order valence-corrected chi connectivity index (χ3v) is 1.28. The molecule has 6 heteroatoms. The fourth-order valence-electron chi connectivity index (χ4n) is 0.833. The molecule has 0 atom stereocenters. The number of nitrogens with two attached hydrogens (primary N) is 2. The largest absolute Gasteiger partial charge is 0.382 e. The minimum Gasteiger partial charge on any atom is -0.382 e. The summed E-state index contributed by atoms with van der Waals surface area (Å²) in [5.41, 5.74) is 11.3. The molecule has 4 N–H and O–H groups in total. The summed E-state index contributed by atoms with van der Waals surface area (Å²) < 4.78 is 0. The molecule has 2 heterocycles. The van der Waals surface area contributed by atoms with E-state index in [1.165, 1.54) is 6.34 Å². The van der Waals surface area contributed by atoms with Gasteiger partial charge in [0.15, 0.2) is 17.4 Å². The molecule has 0 amide bonds. The van der Waals surface area contributed by atoms with E-state index >= 15 is 0 Å². The summed E-state index contributed by atoms with van der Waals surface area (Å²) in [4.78, 5) is 11.4. The van der Waals surface area contributed by atoms with E-state index in [9.17, 15) is 0 Å². The number of rotatable bonds is 0. The zero-order valence-corrected chi connectivity index (χ0v) is 5.52. The molecule has 0 spiro atoms. The number of hydrogen-bond acceptors (Lipinski definition) is 5. The fourth-order valence-corrected chi connectivity index (χ4v) is 0.833. The van der Waals surface area contributed by atoms with Gasteiger partial charge in [-0.2, -0.15) is 10.3 Å². The maximum atomic E-state index is 5.47. The van der Waals surface area contributed by atoms with Crippen molar-refractivity contribution in [1.29, 1.82) is 0 Å². The van der Waals surface area contributed by atoms with Crippen LogP contribution in [-0.2, 0) is 0 Å². The van der Waals surface area contributed by atoms with Gasteiger partial charge < -0.3 is 11.5 Å². The SMILES string of the molecule is NC1=NC(N)=C2N=CN=C2[N]1. The minimum absolute atomic E-state index is 0.121. The average molecular weight is 149 g/mol. The van der Waals surface area contributed by atoms with E-state index in [4.69, 9.17) is 11.5 Å². The summed E-state index contributed by atoms with van der Waals surface area (Å²) in [5.74, 6) is 0.829. The lowest BCUT2D eigenvalue weighted by Gasteiger charge is -2.08. The second kappa shape index (κ2) is 1.82. The summed E-state index contributed by atoms with van der Waals surface area (Å²) in [7, 11) is 0. The minimum atomic E-state index is 0.121. The molecule has 11 heavy (non-hydrogen) atoms. The summed E-state index contributed by atoms with van der Waals surface area (Å²) in [5, 5.41) is 3.81. The van der Waals surface area contributed by atoms with Crippen LogP contribution in [0.4, 0.5) is 0 Å². The lowest BCUT2D eigenvalue weighted by Crippen LogP contribution is -2.35. The van der Waals surface area contributed by atoms with Crippen molar-refractivity contribution in [3.05, 3.63) is 11.5 Å². The number of amidine groups is 1. The highest BCUT2D eigenvalue weighted by atomic mass is 15.2. The first kappa shape index (κ1) is 5.90. The second-order valence-electron chi connectivity index (χ2n) is 2.01. The Morgan fingerprint density at radius 1 is 1.27 bits per heavy atom. The van der Waals surface area contributed by atoms with E-state index < -0.39 is 0 Å². The Morgan fingerprint density at radius 3 is 2.91 bits per heavy atom. The third kappa shape index (κ3) is 0.759. The summed E-state index contributed by atoms with van der Waals surface area (Å²) in [6.45, 7) is 0. The molecule has 0 aromatic rings. The molecule has 2 aliphatic heterocycles. The van der Waals surface area contributed by atoms with Gasteiger partial charge >= 0.3 is 0 Å². The first-order chi connectivity index (χ1) is 5.27. The maximum Gasteiger partial charge on any atom is 0.224 e. The highest BCUT2D eigenvalue weighted by Gasteiger charge is 2.21. The monoisotopic (exact) mass is 149 g/mol. The van der Waals surface area contributed by atoms with Crippen LogP contribution in [0.5, 0.6) is 0 Å². The van der Waals surface area contributed by atoms with Crippen molar-refractivity contribution in [3.8, 4) is 0 Å². The van der Waals surface area contributed by atoms with E-state index in [1.807, 2.05) is 0 Å². The molecule has 0 aromatic heterocycles. The van der Waals surface area contributed by atoms with E-state index in [0.717, 1.165) is 0 Å². The van der Waals surface area contributed by atoms with Crippen LogP contribution >= 0.6 is 0 Å². The molecule has 0 saturated heterocycles. The molecule has 0 saturated carbocycles. The van der Waals surface area contributed by atoms with Crippen LogP contribution in [0.2, 0.25) is 0 Å². The Kier molecular flexibility index (Phi) is 0.974. The molecule has 0 aromatic carbocycles.